The maximum absolute atomic E-state index is 13.3. The lowest BCUT2D eigenvalue weighted by Crippen LogP contribution is -2.45. The van der Waals surface area contributed by atoms with Crippen LogP contribution in [0, 0.1) is 11.6 Å². The van der Waals surface area contributed by atoms with Crippen LogP contribution in [0.2, 0.25) is 5.02 Å². The molecule has 1 aliphatic heterocycles. The number of aromatic nitrogens is 1. The van der Waals surface area contributed by atoms with Gasteiger partial charge in [0.25, 0.3) is 5.91 Å². The van der Waals surface area contributed by atoms with Crippen molar-refractivity contribution < 1.29 is 18.0 Å². The lowest BCUT2D eigenvalue weighted by atomic mass is 10.2. The van der Waals surface area contributed by atoms with Gasteiger partial charge in [0.05, 0.1) is 11.6 Å². The summed E-state index contributed by atoms with van der Waals surface area (Å²) < 4.78 is 32.0. The van der Waals surface area contributed by atoms with Crippen molar-refractivity contribution >= 4 is 23.2 Å². The minimum absolute atomic E-state index is 0.136. The van der Waals surface area contributed by atoms with Gasteiger partial charge < -0.3 is 9.73 Å². The second-order valence-electron chi connectivity index (χ2n) is 7.39. The van der Waals surface area contributed by atoms with Gasteiger partial charge in [-0.05, 0) is 35.9 Å². The molecule has 0 saturated carbocycles. The minimum atomic E-state index is -0.455. The van der Waals surface area contributed by atoms with Crippen LogP contribution in [0.15, 0.2) is 53.1 Å². The van der Waals surface area contributed by atoms with Crippen molar-refractivity contribution in [2.24, 2.45) is 0 Å². The number of piperazine rings is 1. The molecule has 0 unspecified atom stereocenters. The second kappa shape index (κ2) is 9.55. The van der Waals surface area contributed by atoms with Crippen molar-refractivity contribution in [1.82, 2.24) is 14.8 Å². The topological polar surface area (TPSA) is 61.6 Å². The Hall–Kier alpha value is -2.81. The Labute approximate surface area is 183 Å². The summed E-state index contributed by atoms with van der Waals surface area (Å²) >= 11 is 5.86. The number of carbonyl (C=O) groups is 1. The van der Waals surface area contributed by atoms with E-state index in [0.717, 1.165) is 31.7 Å². The largest absolute Gasteiger partial charge is 0.447 e. The number of oxazole rings is 1. The number of hydrogen-bond acceptors (Lipinski definition) is 5. The Kier molecular flexibility index (Phi) is 6.60. The van der Waals surface area contributed by atoms with Crippen LogP contribution in [0.1, 0.15) is 21.9 Å². The number of nitrogens with one attached hydrogen (secondary N) is 1. The van der Waals surface area contributed by atoms with E-state index in [-0.39, 0.29) is 10.7 Å². The smallest absolute Gasteiger partial charge is 0.277 e. The highest BCUT2D eigenvalue weighted by molar-refractivity contribution is 6.30. The molecule has 0 radical (unpaired) electrons. The molecule has 4 rings (SSSR count). The zero-order valence-corrected chi connectivity index (χ0v) is 17.4. The third-order valence-electron chi connectivity index (χ3n) is 5.08. The molecule has 0 bridgehead atoms. The van der Waals surface area contributed by atoms with Gasteiger partial charge in [-0.3, -0.25) is 14.6 Å². The number of amides is 1. The van der Waals surface area contributed by atoms with Crippen LogP contribution in [-0.2, 0) is 13.1 Å². The zero-order chi connectivity index (χ0) is 21.8. The van der Waals surface area contributed by atoms with Crippen molar-refractivity contribution in [3.05, 3.63) is 82.5 Å². The molecule has 1 aromatic heterocycles. The van der Waals surface area contributed by atoms with E-state index >= 15 is 0 Å². The lowest BCUT2D eigenvalue weighted by Gasteiger charge is -2.34. The van der Waals surface area contributed by atoms with E-state index in [0.29, 0.717) is 24.7 Å². The molecule has 0 atom stereocenters. The molecular weight excluding hydrogens is 426 g/mol. The molecule has 1 saturated heterocycles. The number of halogens is 3. The maximum atomic E-state index is 13.3. The molecule has 9 heteroatoms. The molecule has 0 aliphatic carbocycles. The van der Waals surface area contributed by atoms with Crippen molar-refractivity contribution in [3.63, 3.8) is 0 Å². The van der Waals surface area contributed by atoms with E-state index in [1.807, 2.05) is 0 Å². The summed E-state index contributed by atoms with van der Waals surface area (Å²) in [5.41, 5.74) is 1.47. The molecule has 2 heterocycles. The Balaban J connectivity index is 1.26. The highest BCUT2D eigenvalue weighted by Crippen LogP contribution is 2.18. The molecule has 1 fully saturated rings. The van der Waals surface area contributed by atoms with Gasteiger partial charge in [0.2, 0.25) is 5.89 Å². The predicted molar refractivity (Wildman–Crippen MR) is 113 cm³/mol. The third kappa shape index (κ3) is 5.66. The first-order valence-electron chi connectivity index (χ1n) is 9.86. The van der Waals surface area contributed by atoms with Gasteiger partial charge in [0.15, 0.2) is 5.69 Å². The quantitative estimate of drug-likeness (QED) is 0.615. The van der Waals surface area contributed by atoms with Crippen molar-refractivity contribution in [2.45, 2.75) is 13.1 Å². The van der Waals surface area contributed by atoms with Crippen LogP contribution in [0.25, 0.3) is 0 Å². The molecule has 31 heavy (non-hydrogen) atoms. The summed E-state index contributed by atoms with van der Waals surface area (Å²) in [4.78, 5) is 21.0. The number of carbonyl (C=O) groups excluding carboxylic acids is 1. The van der Waals surface area contributed by atoms with E-state index in [4.69, 9.17) is 16.0 Å². The van der Waals surface area contributed by atoms with Crippen LogP contribution in [-0.4, -0.2) is 46.9 Å². The van der Waals surface area contributed by atoms with E-state index in [9.17, 15) is 13.6 Å². The molecule has 1 amide bonds. The average molecular weight is 447 g/mol. The molecule has 6 nitrogen and oxygen atoms in total. The van der Waals surface area contributed by atoms with Gasteiger partial charge in [-0.15, -0.1) is 0 Å². The first-order valence-corrected chi connectivity index (χ1v) is 10.2. The first kappa shape index (κ1) is 21.4. The van der Waals surface area contributed by atoms with E-state index in [2.05, 4.69) is 20.1 Å². The number of rotatable bonds is 6. The summed E-state index contributed by atoms with van der Waals surface area (Å²) in [6.07, 6.45) is 1.30. The highest BCUT2D eigenvalue weighted by Gasteiger charge is 2.20. The van der Waals surface area contributed by atoms with E-state index in [1.54, 1.807) is 18.2 Å². The normalized spacial score (nSPS) is 15.2. The van der Waals surface area contributed by atoms with Crippen LogP contribution in [0.4, 0.5) is 14.5 Å². The SMILES string of the molecule is O=C(Nc1cccc(F)c1)c1coc(CN2CCN(Cc3ccc(F)c(Cl)c3)CC2)n1. The Morgan fingerprint density at radius 3 is 2.52 bits per heavy atom. The third-order valence-corrected chi connectivity index (χ3v) is 5.37. The molecule has 3 aromatic rings. The summed E-state index contributed by atoms with van der Waals surface area (Å²) in [7, 11) is 0. The fourth-order valence-corrected chi connectivity index (χ4v) is 3.65. The molecular formula is C22H21ClF2N4O2. The molecule has 162 valence electrons. The monoisotopic (exact) mass is 446 g/mol. The summed E-state index contributed by atoms with van der Waals surface area (Å²) in [5.74, 6) is -0.850. The van der Waals surface area contributed by atoms with Gasteiger partial charge in [0.1, 0.15) is 17.9 Å². The summed E-state index contributed by atoms with van der Waals surface area (Å²) in [6.45, 7) is 4.48. The van der Waals surface area contributed by atoms with E-state index < -0.39 is 17.5 Å². The lowest BCUT2D eigenvalue weighted by molar-refractivity contribution is 0.102. The Morgan fingerprint density at radius 1 is 1.06 bits per heavy atom. The van der Waals surface area contributed by atoms with Gasteiger partial charge in [-0.1, -0.05) is 23.7 Å². The average Bonchev–Trinajstić information content (AvgIpc) is 3.21. The van der Waals surface area contributed by atoms with Gasteiger partial charge in [-0.25, -0.2) is 13.8 Å². The number of anilines is 1. The number of benzene rings is 2. The fourth-order valence-electron chi connectivity index (χ4n) is 3.44. The zero-order valence-electron chi connectivity index (χ0n) is 16.7. The molecule has 1 N–H and O–H groups in total. The number of nitrogens with zero attached hydrogens (tertiary/aromatic N) is 3. The Morgan fingerprint density at radius 2 is 1.81 bits per heavy atom. The van der Waals surface area contributed by atoms with Crippen molar-refractivity contribution in [2.75, 3.05) is 31.5 Å². The standard InChI is InChI=1S/C22H21ClF2N4O2/c23-18-10-15(4-5-19(18)25)12-28-6-8-29(9-7-28)13-21-27-20(14-31-21)22(30)26-17-3-1-2-16(24)11-17/h1-5,10-11,14H,6-9,12-13H2,(H,26,30). The summed E-state index contributed by atoms with van der Waals surface area (Å²) in [5, 5.41) is 2.73. The van der Waals surface area contributed by atoms with Gasteiger partial charge in [-0.2, -0.15) is 0 Å². The van der Waals surface area contributed by atoms with Crippen molar-refractivity contribution in [1.29, 1.82) is 0 Å². The second-order valence-corrected chi connectivity index (χ2v) is 7.80. The fraction of sp³-hybridized carbons (Fsp3) is 0.273. The van der Waals surface area contributed by atoms with Gasteiger partial charge in [0, 0.05) is 38.4 Å². The summed E-state index contributed by atoms with van der Waals surface area (Å²) in [6, 6.07) is 10.4. The Bertz CT molecular complexity index is 1070. The van der Waals surface area contributed by atoms with Crippen LogP contribution >= 0.6 is 11.6 Å². The minimum Gasteiger partial charge on any atom is -0.447 e. The number of hydrogen-bond donors (Lipinski definition) is 1. The van der Waals surface area contributed by atoms with Gasteiger partial charge >= 0.3 is 0 Å². The molecule has 0 spiro atoms. The first-order chi connectivity index (χ1) is 15.0. The predicted octanol–water partition coefficient (Wildman–Crippen LogP) is 4.18. The van der Waals surface area contributed by atoms with Crippen LogP contribution in [0.5, 0.6) is 0 Å². The van der Waals surface area contributed by atoms with Crippen molar-refractivity contribution in [3.8, 4) is 0 Å². The molecule has 1 aliphatic rings. The van der Waals surface area contributed by atoms with Crippen LogP contribution < -0.4 is 5.32 Å². The van der Waals surface area contributed by atoms with Crippen LogP contribution in [0.3, 0.4) is 0 Å². The maximum Gasteiger partial charge on any atom is 0.277 e. The van der Waals surface area contributed by atoms with E-state index in [1.165, 1.54) is 30.5 Å². The molecule has 2 aromatic carbocycles. The highest BCUT2D eigenvalue weighted by atomic mass is 35.5.